The minimum atomic E-state index is -5.00. The van der Waals surface area contributed by atoms with E-state index in [0.717, 1.165) is 24.4 Å². The smallest absolute Gasteiger partial charge is 0.406 e. The fourth-order valence-electron chi connectivity index (χ4n) is 4.16. The Morgan fingerprint density at radius 1 is 0.974 bits per heavy atom. The Bertz CT molecular complexity index is 1530. The van der Waals surface area contributed by atoms with Crippen LogP contribution in [0.5, 0.6) is 5.75 Å². The van der Waals surface area contributed by atoms with Gasteiger partial charge in [0, 0.05) is 29.1 Å². The van der Waals surface area contributed by atoms with Crippen LogP contribution in [0.1, 0.15) is 24.1 Å². The number of benzene rings is 2. The molecule has 0 spiro atoms. The van der Waals surface area contributed by atoms with Crippen LogP contribution in [-0.4, -0.2) is 37.9 Å². The van der Waals surface area contributed by atoms with Gasteiger partial charge in [0.25, 0.3) is 0 Å². The molecule has 8 nitrogen and oxygen atoms in total. The summed E-state index contributed by atoms with van der Waals surface area (Å²) in [4.78, 5) is 16.6. The van der Waals surface area contributed by atoms with Gasteiger partial charge < -0.3 is 10.1 Å². The van der Waals surface area contributed by atoms with Gasteiger partial charge in [-0.05, 0) is 59.5 Å². The number of rotatable bonds is 6. The molecule has 0 aliphatic heterocycles. The Hall–Kier alpha value is -4.56. The normalized spacial score (nSPS) is 14.6. The van der Waals surface area contributed by atoms with E-state index < -0.39 is 41.1 Å². The Balaban J connectivity index is 1.45. The molecule has 1 amide bonds. The number of hydrogen-bond acceptors (Lipinski definition) is 6. The van der Waals surface area contributed by atoms with E-state index in [1.807, 2.05) is 0 Å². The Kier molecular flexibility index (Phi) is 6.23. The molecule has 1 aliphatic rings. The van der Waals surface area contributed by atoms with Crippen molar-refractivity contribution >= 4 is 11.6 Å². The van der Waals surface area contributed by atoms with Crippen molar-refractivity contribution < 1.29 is 40.3 Å². The summed E-state index contributed by atoms with van der Waals surface area (Å²) in [6.45, 7) is 0. The standard InChI is InChI=1S/C24H15F7N6O2/c25-18-11-14(39-24(29,30)31)2-4-17(18)22(6-7-22)21(38)33-13-1-3-15(16(10-13)20-34-36-37-35-20)12-5-8-32-19(9-12)23(26,27)28/h1-5,8-11H,6-7H2,(H,33,38)(H,34,35,36,37). The highest BCUT2D eigenvalue weighted by Gasteiger charge is 2.53. The van der Waals surface area contributed by atoms with Gasteiger partial charge >= 0.3 is 12.5 Å². The van der Waals surface area contributed by atoms with Gasteiger partial charge in [-0.1, -0.05) is 12.1 Å². The minimum absolute atomic E-state index is 0.0268. The highest BCUT2D eigenvalue weighted by Crippen LogP contribution is 2.50. The first-order valence-electron chi connectivity index (χ1n) is 11.1. The largest absolute Gasteiger partial charge is 0.573 e. The summed E-state index contributed by atoms with van der Waals surface area (Å²) in [5, 5.41) is 16.1. The minimum Gasteiger partial charge on any atom is -0.406 e. The first kappa shape index (κ1) is 26.1. The van der Waals surface area contributed by atoms with Crippen LogP contribution >= 0.6 is 0 Å². The molecule has 2 aromatic heterocycles. The van der Waals surface area contributed by atoms with Crippen molar-refractivity contribution in [3.63, 3.8) is 0 Å². The number of ether oxygens (including phenoxy) is 1. The summed E-state index contributed by atoms with van der Waals surface area (Å²) < 4.78 is 95.5. The van der Waals surface area contributed by atoms with E-state index in [4.69, 9.17) is 0 Å². The third kappa shape index (κ3) is 5.37. The number of carbonyl (C=O) groups excluding carboxylic acids is 1. The Labute approximate surface area is 214 Å². The number of hydrogen-bond donors (Lipinski definition) is 2. The first-order chi connectivity index (χ1) is 18.4. The number of pyridine rings is 1. The molecular formula is C24H15F7N6O2. The molecule has 0 bridgehead atoms. The predicted octanol–water partition coefficient (Wildman–Crippen LogP) is 5.66. The summed E-state index contributed by atoms with van der Waals surface area (Å²) >= 11 is 0. The van der Waals surface area contributed by atoms with Crippen molar-refractivity contribution in [1.82, 2.24) is 25.6 Å². The summed E-state index contributed by atoms with van der Waals surface area (Å²) in [6, 6.07) is 9.05. The second-order valence-corrected chi connectivity index (χ2v) is 8.65. The van der Waals surface area contributed by atoms with Crippen LogP contribution in [0.3, 0.4) is 0 Å². The number of alkyl halides is 6. The van der Waals surface area contributed by atoms with Crippen LogP contribution in [0.15, 0.2) is 54.7 Å². The molecule has 1 fully saturated rings. The number of halogens is 7. The average molecular weight is 552 g/mol. The maximum Gasteiger partial charge on any atom is 0.573 e. The van der Waals surface area contributed by atoms with Gasteiger partial charge in [0.1, 0.15) is 17.3 Å². The second kappa shape index (κ2) is 9.32. The van der Waals surface area contributed by atoms with Crippen LogP contribution in [0.25, 0.3) is 22.5 Å². The van der Waals surface area contributed by atoms with E-state index in [9.17, 15) is 35.5 Å². The molecule has 0 atom stereocenters. The van der Waals surface area contributed by atoms with E-state index in [1.54, 1.807) is 0 Å². The lowest BCUT2D eigenvalue weighted by atomic mass is 9.93. The summed E-state index contributed by atoms with van der Waals surface area (Å²) in [6.07, 6.45) is -8.20. The lowest BCUT2D eigenvalue weighted by molar-refractivity contribution is -0.274. The number of carbonyl (C=O) groups is 1. The fourth-order valence-corrected chi connectivity index (χ4v) is 4.16. The number of tetrazole rings is 1. The molecule has 202 valence electrons. The van der Waals surface area contributed by atoms with Gasteiger partial charge in [0.2, 0.25) is 11.7 Å². The molecule has 0 unspecified atom stereocenters. The number of H-pyrrole nitrogens is 1. The van der Waals surface area contributed by atoms with Gasteiger partial charge in [-0.25, -0.2) is 4.39 Å². The predicted molar refractivity (Wildman–Crippen MR) is 120 cm³/mol. The van der Waals surface area contributed by atoms with Gasteiger partial charge in [0.05, 0.1) is 5.41 Å². The molecule has 2 aromatic carbocycles. The molecule has 2 N–H and O–H groups in total. The van der Waals surface area contributed by atoms with Crippen LogP contribution in [0, 0.1) is 5.82 Å². The number of nitrogens with one attached hydrogen (secondary N) is 2. The number of anilines is 1. The number of aromatic nitrogens is 5. The van der Waals surface area contributed by atoms with Crippen molar-refractivity contribution in [3.8, 4) is 28.3 Å². The lowest BCUT2D eigenvalue weighted by Gasteiger charge is -2.18. The molecule has 39 heavy (non-hydrogen) atoms. The average Bonchev–Trinajstić information content (AvgIpc) is 3.47. The number of aromatic amines is 1. The molecule has 5 rings (SSSR count). The molecular weight excluding hydrogens is 537 g/mol. The lowest BCUT2D eigenvalue weighted by Crippen LogP contribution is -2.29. The number of amides is 1. The van der Waals surface area contributed by atoms with E-state index >= 15 is 0 Å². The molecule has 1 aliphatic carbocycles. The summed E-state index contributed by atoms with van der Waals surface area (Å²) in [5.74, 6) is -2.39. The van der Waals surface area contributed by atoms with Crippen molar-refractivity contribution in [3.05, 3.63) is 71.8 Å². The van der Waals surface area contributed by atoms with Crippen molar-refractivity contribution in [2.45, 2.75) is 30.8 Å². The Morgan fingerprint density at radius 2 is 1.74 bits per heavy atom. The maximum absolute atomic E-state index is 14.7. The summed E-state index contributed by atoms with van der Waals surface area (Å²) in [5.41, 5.74) is -1.67. The van der Waals surface area contributed by atoms with E-state index in [2.05, 4.69) is 35.7 Å². The summed E-state index contributed by atoms with van der Waals surface area (Å²) in [7, 11) is 0. The van der Waals surface area contributed by atoms with E-state index in [1.165, 1.54) is 24.3 Å². The van der Waals surface area contributed by atoms with Crippen LogP contribution in [0.4, 0.5) is 36.4 Å². The zero-order chi connectivity index (χ0) is 28.0. The number of nitrogens with zero attached hydrogens (tertiary/aromatic N) is 4. The fraction of sp³-hybridized carbons (Fsp3) is 0.208. The van der Waals surface area contributed by atoms with Crippen LogP contribution in [0.2, 0.25) is 0 Å². The van der Waals surface area contributed by atoms with E-state index in [0.29, 0.717) is 6.07 Å². The molecule has 0 saturated heterocycles. The highest BCUT2D eigenvalue weighted by atomic mass is 19.4. The van der Waals surface area contributed by atoms with Crippen molar-refractivity contribution in [2.24, 2.45) is 0 Å². The topological polar surface area (TPSA) is 106 Å². The van der Waals surface area contributed by atoms with E-state index in [-0.39, 0.29) is 46.6 Å². The molecule has 2 heterocycles. The van der Waals surface area contributed by atoms with Gasteiger partial charge in [0.15, 0.2) is 0 Å². The molecule has 15 heteroatoms. The van der Waals surface area contributed by atoms with Crippen molar-refractivity contribution in [1.29, 1.82) is 0 Å². The van der Waals surface area contributed by atoms with Crippen LogP contribution < -0.4 is 10.1 Å². The van der Waals surface area contributed by atoms with Crippen molar-refractivity contribution in [2.75, 3.05) is 5.32 Å². The third-order valence-corrected chi connectivity index (χ3v) is 6.10. The first-order valence-corrected chi connectivity index (χ1v) is 11.1. The quantitative estimate of drug-likeness (QED) is 0.300. The maximum atomic E-state index is 14.7. The van der Waals surface area contributed by atoms with Crippen LogP contribution in [-0.2, 0) is 16.4 Å². The molecule has 0 radical (unpaired) electrons. The second-order valence-electron chi connectivity index (χ2n) is 8.65. The zero-order valence-electron chi connectivity index (χ0n) is 19.4. The van der Waals surface area contributed by atoms with Gasteiger partial charge in [-0.2, -0.15) is 18.4 Å². The third-order valence-electron chi connectivity index (χ3n) is 6.10. The molecule has 1 saturated carbocycles. The SMILES string of the molecule is O=C(Nc1ccc(-c2ccnc(C(F)(F)F)c2)c(-c2nn[nH]n2)c1)C1(c2ccc(OC(F)(F)F)cc2F)CC1. The van der Waals surface area contributed by atoms with Gasteiger partial charge in [-0.3, -0.25) is 9.78 Å². The molecule has 4 aromatic rings. The van der Waals surface area contributed by atoms with Gasteiger partial charge in [-0.15, -0.1) is 23.4 Å². The Morgan fingerprint density at radius 3 is 2.36 bits per heavy atom. The monoisotopic (exact) mass is 552 g/mol. The highest BCUT2D eigenvalue weighted by molar-refractivity contribution is 6.02. The zero-order valence-corrected chi connectivity index (χ0v) is 19.4.